The molecule has 0 saturated carbocycles. The molecule has 0 saturated heterocycles. The minimum absolute atomic E-state index is 0.420. The predicted molar refractivity (Wildman–Crippen MR) is 123 cm³/mol. The van der Waals surface area contributed by atoms with Gasteiger partial charge in [-0.3, -0.25) is 9.59 Å². The fraction of sp³-hybridized carbons (Fsp3) is 0. The molecule has 0 aliphatic carbocycles. The number of hydrogen-bond donors (Lipinski definition) is 2. The van der Waals surface area contributed by atoms with Crippen molar-refractivity contribution in [3.8, 4) is 0 Å². The van der Waals surface area contributed by atoms with Crippen LogP contribution >= 0.6 is 0 Å². The first-order valence-electron chi connectivity index (χ1n) is 9.06. The van der Waals surface area contributed by atoms with E-state index in [4.69, 9.17) is 0 Å². The lowest BCUT2D eigenvalue weighted by Gasteiger charge is -1.96. The first kappa shape index (κ1) is 22.0. The molecule has 2 aromatic rings. The van der Waals surface area contributed by atoms with Gasteiger partial charge in [0, 0.05) is 12.2 Å². The Hall–Kier alpha value is -4.32. The van der Waals surface area contributed by atoms with Crippen molar-refractivity contribution in [2.75, 3.05) is 0 Å². The minimum Gasteiger partial charge on any atom is -0.268 e. The van der Waals surface area contributed by atoms with Crippen molar-refractivity contribution >= 4 is 36.4 Å². The van der Waals surface area contributed by atoms with Crippen molar-refractivity contribution in [3.05, 3.63) is 108 Å². The fourth-order valence-corrected chi connectivity index (χ4v) is 2.23. The molecule has 30 heavy (non-hydrogen) atoms. The van der Waals surface area contributed by atoms with Gasteiger partial charge < -0.3 is 0 Å². The number of carbonyl (C=O) groups is 2. The average molecular weight is 398 g/mol. The van der Waals surface area contributed by atoms with E-state index in [0.717, 1.165) is 22.3 Å². The molecule has 6 nitrogen and oxygen atoms in total. The fourth-order valence-electron chi connectivity index (χ4n) is 2.23. The van der Waals surface area contributed by atoms with Crippen molar-refractivity contribution in [1.82, 2.24) is 10.9 Å². The van der Waals surface area contributed by atoms with E-state index < -0.39 is 11.8 Å². The summed E-state index contributed by atoms with van der Waals surface area (Å²) in [4.78, 5) is 23.4. The highest BCUT2D eigenvalue weighted by atomic mass is 16.2. The molecule has 0 atom stereocenters. The normalized spacial score (nSPS) is 11.3. The second kappa shape index (κ2) is 12.2. The molecule has 0 aliphatic heterocycles. The Morgan fingerprint density at radius 3 is 1.50 bits per heavy atom. The Kier molecular flexibility index (Phi) is 8.94. The van der Waals surface area contributed by atoms with Crippen molar-refractivity contribution in [1.29, 1.82) is 0 Å². The molecular weight excluding hydrogens is 376 g/mol. The van der Waals surface area contributed by atoms with E-state index in [1.807, 2.05) is 48.5 Å². The van der Waals surface area contributed by atoms with Gasteiger partial charge in [-0.25, -0.2) is 10.9 Å². The number of hydrogen-bond acceptors (Lipinski definition) is 4. The molecule has 0 aromatic heterocycles. The summed E-state index contributed by atoms with van der Waals surface area (Å²) in [6.07, 6.45) is 11.9. The van der Waals surface area contributed by atoms with Gasteiger partial charge in [0.15, 0.2) is 0 Å². The van der Waals surface area contributed by atoms with Crippen molar-refractivity contribution in [2.45, 2.75) is 0 Å². The molecule has 0 heterocycles. The van der Waals surface area contributed by atoms with E-state index in [-0.39, 0.29) is 0 Å². The van der Waals surface area contributed by atoms with Gasteiger partial charge in [0.1, 0.15) is 0 Å². The molecule has 6 heteroatoms. The topological polar surface area (TPSA) is 82.9 Å². The van der Waals surface area contributed by atoms with Crippen LogP contribution in [0.4, 0.5) is 0 Å². The van der Waals surface area contributed by atoms with E-state index in [0.29, 0.717) is 0 Å². The molecule has 0 aliphatic rings. The second-order valence-corrected chi connectivity index (χ2v) is 5.94. The third kappa shape index (κ3) is 8.14. The highest BCUT2D eigenvalue weighted by Crippen LogP contribution is 2.04. The summed E-state index contributed by atoms with van der Waals surface area (Å²) in [6, 6.07) is 15.1. The Bertz CT molecular complexity index is 950. The Morgan fingerprint density at radius 1 is 0.700 bits per heavy atom. The van der Waals surface area contributed by atoms with Crippen LogP contribution < -0.4 is 10.9 Å². The smallest absolute Gasteiger partial charge is 0.264 e. The van der Waals surface area contributed by atoms with Crippen LogP contribution in [-0.4, -0.2) is 24.2 Å². The number of nitrogens with one attached hydrogen (secondary N) is 2. The minimum atomic E-state index is -0.420. The van der Waals surface area contributed by atoms with Gasteiger partial charge in [0.05, 0.1) is 12.4 Å². The summed E-state index contributed by atoms with van der Waals surface area (Å²) < 4.78 is 0. The molecule has 2 aromatic carbocycles. The summed E-state index contributed by atoms with van der Waals surface area (Å²) >= 11 is 0. The van der Waals surface area contributed by atoms with E-state index in [1.54, 1.807) is 12.2 Å². The monoisotopic (exact) mass is 398 g/mol. The maximum atomic E-state index is 11.7. The second-order valence-electron chi connectivity index (χ2n) is 5.94. The van der Waals surface area contributed by atoms with Gasteiger partial charge in [0.25, 0.3) is 11.8 Å². The van der Waals surface area contributed by atoms with Crippen LogP contribution in [0.25, 0.3) is 12.2 Å². The Labute approximate surface area is 175 Å². The number of hydrazone groups is 2. The molecule has 0 fully saturated rings. The Balaban J connectivity index is 1.75. The number of rotatable bonds is 9. The van der Waals surface area contributed by atoms with Gasteiger partial charge in [0.2, 0.25) is 0 Å². The van der Waals surface area contributed by atoms with E-state index in [9.17, 15) is 9.59 Å². The number of allylic oxidation sites excluding steroid dienone is 2. The summed E-state index contributed by atoms with van der Waals surface area (Å²) in [7, 11) is 0. The van der Waals surface area contributed by atoms with Gasteiger partial charge in [-0.2, -0.15) is 10.2 Å². The molecule has 2 amide bonds. The number of carbonyl (C=O) groups excluding carboxylic acids is 2. The largest absolute Gasteiger partial charge is 0.268 e. The zero-order valence-electron chi connectivity index (χ0n) is 16.4. The molecule has 2 rings (SSSR count). The lowest BCUT2D eigenvalue weighted by atomic mass is 10.1. The quantitative estimate of drug-likeness (QED) is 0.292. The van der Waals surface area contributed by atoms with Crippen molar-refractivity contribution in [3.63, 3.8) is 0 Å². The first-order valence-corrected chi connectivity index (χ1v) is 9.06. The van der Waals surface area contributed by atoms with E-state index in [1.165, 1.54) is 36.7 Å². The molecule has 2 N–H and O–H groups in total. The predicted octanol–water partition coefficient (Wildman–Crippen LogP) is 3.69. The summed E-state index contributed by atoms with van der Waals surface area (Å²) in [5.74, 6) is -0.840. The lowest BCUT2D eigenvalue weighted by Crippen LogP contribution is -2.14. The summed E-state index contributed by atoms with van der Waals surface area (Å²) in [5.41, 5.74) is 8.34. The number of nitrogens with zero attached hydrogens (tertiary/aromatic N) is 2. The van der Waals surface area contributed by atoms with Crippen molar-refractivity contribution in [2.24, 2.45) is 10.2 Å². The lowest BCUT2D eigenvalue weighted by molar-refractivity contribution is -0.117. The van der Waals surface area contributed by atoms with Gasteiger partial charge in [-0.15, -0.1) is 0 Å². The standard InChI is InChI=1S/C24H22N4O2/c1-3-19-9-7-11-21(15-19)17-25-27-23(29)13-5-6-14-24(30)28-26-18-22-12-8-10-20(4-2)16-22/h3-18H,1-2H2,(H,27,29)(H,28,30)/b13-5+,14-6+,25-17+,26-18+. The van der Waals surface area contributed by atoms with Crippen LogP contribution in [-0.2, 0) is 9.59 Å². The van der Waals surface area contributed by atoms with Crippen LogP contribution in [0.2, 0.25) is 0 Å². The third-order valence-electron chi connectivity index (χ3n) is 3.68. The van der Waals surface area contributed by atoms with Crippen LogP contribution in [0.5, 0.6) is 0 Å². The zero-order chi connectivity index (χ0) is 21.6. The Morgan fingerprint density at radius 2 is 1.10 bits per heavy atom. The molecule has 0 radical (unpaired) electrons. The SMILES string of the molecule is C=Cc1cccc(/C=N/NC(=O)/C=C/C=C/C(=O)N/N=C/c2cccc(C=C)c2)c1. The first-order chi connectivity index (χ1) is 14.6. The van der Waals surface area contributed by atoms with Crippen LogP contribution in [0.1, 0.15) is 22.3 Å². The molecule has 0 bridgehead atoms. The third-order valence-corrected chi connectivity index (χ3v) is 3.68. The van der Waals surface area contributed by atoms with Crippen LogP contribution in [0, 0.1) is 0 Å². The van der Waals surface area contributed by atoms with Crippen LogP contribution in [0.3, 0.4) is 0 Å². The van der Waals surface area contributed by atoms with Crippen molar-refractivity contribution < 1.29 is 9.59 Å². The van der Waals surface area contributed by atoms with Gasteiger partial charge in [-0.1, -0.05) is 73.9 Å². The summed E-state index contributed by atoms with van der Waals surface area (Å²) in [5, 5.41) is 7.75. The zero-order valence-corrected chi connectivity index (χ0v) is 16.4. The number of amides is 2. The van der Waals surface area contributed by atoms with Gasteiger partial charge in [-0.05, 0) is 34.4 Å². The van der Waals surface area contributed by atoms with Gasteiger partial charge >= 0.3 is 0 Å². The highest BCUT2D eigenvalue weighted by molar-refractivity contribution is 5.91. The van der Waals surface area contributed by atoms with E-state index in [2.05, 4.69) is 34.2 Å². The molecule has 0 unspecified atom stereocenters. The molecule has 150 valence electrons. The van der Waals surface area contributed by atoms with E-state index >= 15 is 0 Å². The summed E-state index contributed by atoms with van der Waals surface area (Å²) in [6.45, 7) is 7.40. The maximum absolute atomic E-state index is 11.7. The van der Waals surface area contributed by atoms with Crippen LogP contribution in [0.15, 0.2) is 96.2 Å². The highest BCUT2D eigenvalue weighted by Gasteiger charge is 1.94. The molecule has 0 spiro atoms. The maximum Gasteiger partial charge on any atom is 0.264 e. The number of benzene rings is 2. The molecular formula is C24H22N4O2. The average Bonchev–Trinajstić information content (AvgIpc) is 2.77.